The molecule has 2 amide bonds. The summed E-state index contributed by atoms with van der Waals surface area (Å²) in [5, 5.41) is 8.70. The maximum atomic E-state index is 12.5. The average Bonchev–Trinajstić information content (AvgIpc) is 3.12. The molecule has 0 bridgehead atoms. The molecule has 0 aliphatic carbocycles. The van der Waals surface area contributed by atoms with Crippen LogP contribution in [0.25, 0.3) is 11.3 Å². The number of rotatable bonds is 6. The standard InChI is InChI=1S/C19H19N5O5/c1-10-8-16(24-29-10)23-17(25)11(2)20-18(26)15-9-14(21-19(27)22-15)12-4-6-13(28-3)7-5-12/h4-9,11H,1-3H3,(H,20,26)(H,21,22,27)(H,23,24,25)/t11-/m1/s1. The quantitative estimate of drug-likeness (QED) is 0.573. The van der Waals surface area contributed by atoms with Crippen LogP contribution >= 0.6 is 0 Å². The number of carbonyl (C=O) groups is 2. The van der Waals surface area contributed by atoms with E-state index in [9.17, 15) is 14.4 Å². The zero-order valence-electron chi connectivity index (χ0n) is 16.0. The Labute approximate surface area is 165 Å². The fourth-order valence-corrected chi connectivity index (χ4v) is 2.49. The first kappa shape index (κ1) is 19.8. The van der Waals surface area contributed by atoms with Crippen LogP contribution in [0.2, 0.25) is 0 Å². The third-order valence-corrected chi connectivity index (χ3v) is 4.00. The van der Waals surface area contributed by atoms with E-state index < -0.39 is 23.5 Å². The number of nitrogens with one attached hydrogen (secondary N) is 3. The Morgan fingerprint density at radius 2 is 1.93 bits per heavy atom. The van der Waals surface area contributed by atoms with Crippen molar-refractivity contribution in [3.8, 4) is 17.0 Å². The lowest BCUT2D eigenvalue weighted by molar-refractivity contribution is -0.117. The van der Waals surface area contributed by atoms with E-state index in [1.807, 2.05) is 0 Å². The lowest BCUT2D eigenvalue weighted by Crippen LogP contribution is -2.42. The molecule has 0 spiro atoms. The van der Waals surface area contributed by atoms with Crippen molar-refractivity contribution in [1.29, 1.82) is 0 Å². The van der Waals surface area contributed by atoms with Crippen molar-refractivity contribution < 1.29 is 18.8 Å². The summed E-state index contributed by atoms with van der Waals surface area (Å²) in [7, 11) is 1.55. The second-order valence-electron chi connectivity index (χ2n) is 6.22. The van der Waals surface area contributed by atoms with E-state index in [2.05, 4.69) is 25.8 Å². The average molecular weight is 397 g/mol. The maximum absolute atomic E-state index is 12.5. The Morgan fingerprint density at radius 1 is 1.21 bits per heavy atom. The number of carbonyl (C=O) groups excluding carboxylic acids is 2. The molecule has 2 aromatic heterocycles. The van der Waals surface area contributed by atoms with Gasteiger partial charge in [0.05, 0.1) is 12.8 Å². The minimum Gasteiger partial charge on any atom is -0.497 e. The summed E-state index contributed by atoms with van der Waals surface area (Å²) in [5.41, 5.74) is 0.251. The third kappa shape index (κ3) is 4.86. The van der Waals surface area contributed by atoms with Gasteiger partial charge in [-0.2, -0.15) is 4.98 Å². The molecule has 10 heteroatoms. The largest absolute Gasteiger partial charge is 0.497 e. The molecule has 3 N–H and O–H groups in total. The van der Waals surface area contributed by atoms with Crippen LogP contribution in [0.1, 0.15) is 23.2 Å². The molecule has 29 heavy (non-hydrogen) atoms. The van der Waals surface area contributed by atoms with Crippen molar-refractivity contribution in [1.82, 2.24) is 20.4 Å². The van der Waals surface area contributed by atoms with Gasteiger partial charge in [0.15, 0.2) is 5.82 Å². The molecule has 2 heterocycles. The molecule has 10 nitrogen and oxygen atoms in total. The van der Waals surface area contributed by atoms with Crippen molar-refractivity contribution in [3.63, 3.8) is 0 Å². The molecule has 1 atom stereocenters. The summed E-state index contributed by atoms with van der Waals surface area (Å²) in [6, 6.07) is 8.97. The van der Waals surface area contributed by atoms with Crippen LogP contribution in [0.3, 0.4) is 0 Å². The van der Waals surface area contributed by atoms with Gasteiger partial charge in [-0.1, -0.05) is 5.16 Å². The summed E-state index contributed by atoms with van der Waals surface area (Å²) in [5.74, 6) is 0.320. The summed E-state index contributed by atoms with van der Waals surface area (Å²) in [4.78, 5) is 42.9. The van der Waals surface area contributed by atoms with Crippen LogP contribution in [-0.2, 0) is 4.79 Å². The molecular weight excluding hydrogens is 378 g/mol. The van der Waals surface area contributed by atoms with Crippen molar-refractivity contribution in [2.24, 2.45) is 0 Å². The fourth-order valence-electron chi connectivity index (χ4n) is 2.49. The Morgan fingerprint density at radius 3 is 2.55 bits per heavy atom. The van der Waals surface area contributed by atoms with E-state index in [0.717, 1.165) is 0 Å². The van der Waals surface area contributed by atoms with Gasteiger partial charge in [-0.05, 0) is 44.2 Å². The number of hydrogen-bond donors (Lipinski definition) is 3. The molecule has 150 valence electrons. The second-order valence-corrected chi connectivity index (χ2v) is 6.22. The van der Waals surface area contributed by atoms with Gasteiger partial charge >= 0.3 is 5.69 Å². The number of aromatic amines is 1. The molecule has 3 rings (SSSR count). The summed E-state index contributed by atoms with van der Waals surface area (Å²) in [6.07, 6.45) is 0. The highest BCUT2D eigenvalue weighted by molar-refractivity contribution is 6.00. The molecule has 0 fully saturated rings. The van der Waals surface area contributed by atoms with E-state index in [-0.39, 0.29) is 11.5 Å². The van der Waals surface area contributed by atoms with Crippen molar-refractivity contribution in [2.75, 3.05) is 12.4 Å². The van der Waals surface area contributed by atoms with Crippen molar-refractivity contribution in [2.45, 2.75) is 19.9 Å². The molecule has 3 aromatic rings. The first-order chi connectivity index (χ1) is 13.9. The predicted octanol–water partition coefficient (Wildman–Crippen LogP) is 1.50. The third-order valence-electron chi connectivity index (χ3n) is 4.00. The van der Waals surface area contributed by atoms with Crippen LogP contribution < -0.4 is 21.1 Å². The normalized spacial score (nSPS) is 11.6. The summed E-state index contributed by atoms with van der Waals surface area (Å²) < 4.78 is 9.97. The second kappa shape index (κ2) is 8.38. The topological polar surface area (TPSA) is 139 Å². The Bertz CT molecular complexity index is 1090. The fraction of sp³-hybridized carbons (Fsp3) is 0.211. The highest BCUT2D eigenvalue weighted by atomic mass is 16.5. The summed E-state index contributed by atoms with van der Waals surface area (Å²) in [6.45, 7) is 3.19. The Kier molecular flexibility index (Phi) is 5.72. The van der Waals surface area contributed by atoms with Gasteiger partial charge in [-0.15, -0.1) is 0 Å². The van der Waals surface area contributed by atoms with Gasteiger partial charge in [0.2, 0.25) is 5.91 Å². The van der Waals surface area contributed by atoms with Crippen LogP contribution in [0.4, 0.5) is 5.82 Å². The van der Waals surface area contributed by atoms with Crippen LogP contribution in [-0.4, -0.2) is 40.1 Å². The minimum absolute atomic E-state index is 0.0206. The Balaban J connectivity index is 1.73. The van der Waals surface area contributed by atoms with Gasteiger partial charge in [0.25, 0.3) is 5.91 Å². The lowest BCUT2D eigenvalue weighted by Gasteiger charge is -2.13. The van der Waals surface area contributed by atoms with E-state index in [0.29, 0.717) is 22.8 Å². The number of anilines is 1. The van der Waals surface area contributed by atoms with Gasteiger partial charge in [0, 0.05) is 11.6 Å². The lowest BCUT2D eigenvalue weighted by atomic mass is 10.1. The number of ether oxygens (including phenoxy) is 1. The minimum atomic E-state index is -0.888. The summed E-state index contributed by atoms with van der Waals surface area (Å²) >= 11 is 0. The highest BCUT2D eigenvalue weighted by Crippen LogP contribution is 2.20. The predicted molar refractivity (Wildman–Crippen MR) is 104 cm³/mol. The number of amides is 2. The SMILES string of the molecule is COc1ccc(-c2cc(C(=O)N[C@H](C)C(=O)Nc3cc(C)on3)[nH]c(=O)n2)cc1. The first-order valence-electron chi connectivity index (χ1n) is 8.66. The molecular formula is C19H19N5O5. The molecule has 0 aliphatic rings. The molecule has 0 unspecified atom stereocenters. The molecule has 0 saturated heterocycles. The van der Waals surface area contributed by atoms with E-state index in [1.165, 1.54) is 13.0 Å². The number of nitrogens with zero attached hydrogens (tertiary/aromatic N) is 2. The maximum Gasteiger partial charge on any atom is 0.346 e. The first-order valence-corrected chi connectivity index (χ1v) is 8.66. The zero-order chi connectivity index (χ0) is 21.0. The molecule has 0 aliphatic heterocycles. The van der Waals surface area contributed by atoms with Gasteiger partial charge in [0.1, 0.15) is 23.2 Å². The van der Waals surface area contributed by atoms with Crippen molar-refractivity contribution >= 4 is 17.6 Å². The van der Waals surface area contributed by atoms with Crippen LogP contribution in [0, 0.1) is 6.92 Å². The van der Waals surface area contributed by atoms with E-state index in [4.69, 9.17) is 9.26 Å². The van der Waals surface area contributed by atoms with Gasteiger partial charge in [-0.25, -0.2) is 4.79 Å². The number of aryl methyl sites for hydroxylation is 1. The van der Waals surface area contributed by atoms with Crippen LogP contribution in [0.15, 0.2) is 45.7 Å². The van der Waals surface area contributed by atoms with E-state index in [1.54, 1.807) is 44.4 Å². The number of benzene rings is 1. The molecule has 1 aromatic carbocycles. The number of hydrogen-bond acceptors (Lipinski definition) is 7. The van der Waals surface area contributed by atoms with E-state index >= 15 is 0 Å². The smallest absolute Gasteiger partial charge is 0.346 e. The van der Waals surface area contributed by atoms with Gasteiger partial charge < -0.3 is 24.9 Å². The Hall–Kier alpha value is -3.95. The number of H-pyrrole nitrogens is 1. The molecule has 0 saturated carbocycles. The number of methoxy groups -OCH3 is 1. The van der Waals surface area contributed by atoms with Gasteiger partial charge in [-0.3, -0.25) is 9.59 Å². The molecule has 0 radical (unpaired) electrons. The van der Waals surface area contributed by atoms with Crippen molar-refractivity contribution in [3.05, 3.63) is 58.3 Å². The van der Waals surface area contributed by atoms with Crippen LogP contribution in [0.5, 0.6) is 5.75 Å². The zero-order valence-corrected chi connectivity index (χ0v) is 16.0. The monoisotopic (exact) mass is 397 g/mol. The highest BCUT2D eigenvalue weighted by Gasteiger charge is 2.19. The number of aromatic nitrogens is 3.